The number of guanidine groups is 2. The number of phenols is 2. The molecule has 16 amide bonds. The van der Waals surface area contributed by atoms with E-state index < -0.39 is 247 Å². The highest BCUT2D eigenvalue weighted by Gasteiger charge is 2.41. The van der Waals surface area contributed by atoms with Crippen molar-refractivity contribution in [3.63, 3.8) is 0 Å². The SMILES string of the molecule is CCCCCCCCCCCCCCCC(=O)NCC(=O)N[C@@H](Cc1ccc(O)cc1)C(=O)N[C@@H](CCC(N)=O)C(=O)N[C@@H](CCCCN)C(=O)N[C@@H](CCCCN)C(=O)N[C@@H](CC(C)C)C(=O)N[C@@H](CCCNC(=N)N)C(=O)N[C@@H](CO)C(=O)N[C@@H](CCCC)C(=O)N[C@H](C(=O)N[C@@H](CC(=O)O)C(=O)N[C@@H](CCCCN)C(=O)N[C@@H](Cc1ccc(O)cc1)C(=O)N[C@@H](CCCNC(=N)N)C(=O)N[C@H](C(=O)O)[C@@H](C)CC)[C@@H](C)O. The molecule has 37 N–H and O–H groups in total. The number of carbonyl (C=O) groups is 18. The van der Waals surface area contributed by atoms with E-state index in [9.17, 15) is 117 Å². The van der Waals surface area contributed by atoms with E-state index >= 15 is 0 Å². The van der Waals surface area contributed by atoms with Crippen LogP contribution >= 0.6 is 0 Å². The predicted octanol–water partition coefficient (Wildman–Crippen LogP) is -1.34. The molecule has 0 spiro atoms. The predicted molar refractivity (Wildman–Crippen MR) is 557 cm³/mol. The van der Waals surface area contributed by atoms with E-state index in [2.05, 4.69) is 97.3 Å². The number of carboxylic acid groups (broad SMARTS) is 2. The van der Waals surface area contributed by atoms with Crippen LogP contribution in [0, 0.1) is 22.7 Å². The number of rotatable bonds is 82. The number of primary amides is 1. The molecule has 16 atom stereocenters. The number of hydrogen-bond acceptors (Lipinski definition) is 27. The molecule has 2 rings (SSSR count). The van der Waals surface area contributed by atoms with Crippen molar-refractivity contribution in [3.8, 4) is 11.5 Å². The standard InChI is InChI=1S/C100H171N25O24/c1-8-11-13-14-15-16-17-18-19-20-21-22-23-38-80(131)111-58-81(132)112-75(55-63-39-43-65(128)44-40-63)93(143)119-73(47-48-79(104)130)89(139)114-68(33-24-27-49-101)85(135)113-69(34-25-28-50-102)86(136)120-74(54-60(4)5)92(142)116-71(36-30-52-109-99(105)106)88(138)123-78(59-126)96(146)118-67(32-12-9-2)91(141)125-84(62(7)127)97(147)122-77(57-82(133)134)95(145)115-70(35-26-29-51-103)87(137)121-76(56-64-41-45-66(129)46-42-64)94(144)117-72(37-31-53-110-100(107)108)90(140)124-83(98(148)149)61(6)10-3/h39-46,60-62,67-78,83-84,126-129H,8-38,47-59,101-103H2,1-7H3,(H2,104,130)(H,111,131)(H,112,132)(H,113,135)(H,114,139)(H,115,145)(H,116,142)(H,117,144)(H,118,146)(H,119,143)(H,120,136)(H,121,137)(H,122,147)(H,123,138)(H,124,140)(H,125,141)(H,133,134)(H,148,149)(H4,105,106,109)(H4,107,108,110)/t61-,62+,67-,68-,69-,70-,71-,72-,73-,74-,75-,76-,77-,78-,83-,84-/m0/s1. The molecule has 0 saturated heterocycles. The fraction of sp³-hybridized carbons (Fsp3) is 0.680. The van der Waals surface area contributed by atoms with E-state index in [1.807, 2.05) is 0 Å². The lowest BCUT2D eigenvalue weighted by Gasteiger charge is -2.29. The number of amides is 16. The Morgan fingerprint density at radius 1 is 0.329 bits per heavy atom. The lowest BCUT2D eigenvalue weighted by molar-refractivity contribution is -0.144. The van der Waals surface area contributed by atoms with E-state index in [1.54, 1.807) is 34.6 Å². The van der Waals surface area contributed by atoms with Crippen molar-refractivity contribution in [1.82, 2.24) is 90.4 Å². The number of nitrogens with one attached hydrogen (secondary N) is 19. The summed E-state index contributed by atoms with van der Waals surface area (Å²) in [6.45, 7) is 10.3. The van der Waals surface area contributed by atoms with Crippen LogP contribution in [0.5, 0.6) is 11.5 Å². The van der Waals surface area contributed by atoms with E-state index in [-0.39, 0.29) is 159 Å². The summed E-state index contributed by atoms with van der Waals surface area (Å²) in [5.41, 5.74) is 35.0. The van der Waals surface area contributed by atoms with E-state index in [1.165, 1.54) is 99.9 Å². The Morgan fingerprint density at radius 2 is 0.644 bits per heavy atom. The molecule has 840 valence electrons. The van der Waals surface area contributed by atoms with Crippen molar-refractivity contribution >= 4 is 118 Å². The fourth-order valence-corrected chi connectivity index (χ4v) is 15.9. The number of nitrogens with two attached hydrogens (primary N) is 6. The van der Waals surface area contributed by atoms with Gasteiger partial charge in [0, 0.05) is 38.8 Å². The maximum absolute atomic E-state index is 14.9. The van der Waals surface area contributed by atoms with Gasteiger partial charge in [-0.15, -0.1) is 0 Å². The summed E-state index contributed by atoms with van der Waals surface area (Å²) in [7, 11) is 0. The quantitative estimate of drug-likeness (QED) is 0.0207. The number of carbonyl (C=O) groups excluding carboxylic acids is 16. The first kappa shape index (κ1) is 132. The molecule has 2 aromatic rings. The molecular weight excluding hydrogens is 1940 g/mol. The highest BCUT2D eigenvalue weighted by molar-refractivity contribution is 6.01. The van der Waals surface area contributed by atoms with Crippen LogP contribution in [-0.2, 0) is 99.1 Å². The summed E-state index contributed by atoms with van der Waals surface area (Å²) in [6, 6.07) is -12.0. The second kappa shape index (κ2) is 75.5. The van der Waals surface area contributed by atoms with Crippen molar-refractivity contribution in [2.24, 2.45) is 46.2 Å². The topological polar surface area (TPSA) is 837 Å². The minimum absolute atomic E-state index is 0.0261. The van der Waals surface area contributed by atoms with Gasteiger partial charge < -0.3 is 155 Å². The Kier molecular flexibility index (Phi) is 66.9. The molecule has 0 aliphatic carbocycles. The van der Waals surface area contributed by atoms with Gasteiger partial charge in [-0.2, -0.15) is 0 Å². The van der Waals surface area contributed by atoms with Crippen molar-refractivity contribution in [2.75, 3.05) is 45.9 Å². The number of benzene rings is 2. The summed E-state index contributed by atoms with van der Waals surface area (Å²) in [5, 5.41) is 121. The lowest BCUT2D eigenvalue weighted by Crippen LogP contribution is -2.62. The van der Waals surface area contributed by atoms with E-state index in [0.29, 0.717) is 43.2 Å². The molecule has 0 radical (unpaired) electrons. The number of phenolic OH excluding ortho intramolecular Hbond substituents is 2. The molecule has 0 heterocycles. The third-order valence-electron chi connectivity index (χ3n) is 24.8. The molecule has 0 aliphatic rings. The lowest BCUT2D eigenvalue weighted by atomic mass is 9.98. The summed E-state index contributed by atoms with van der Waals surface area (Å²) in [5.74, 6) is -21.2. The summed E-state index contributed by atoms with van der Waals surface area (Å²) < 4.78 is 0. The molecule has 0 fully saturated rings. The highest BCUT2D eigenvalue weighted by Crippen LogP contribution is 2.21. The number of aliphatic hydroxyl groups is 2. The Labute approximate surface area is 872 Å². The first-order valence-electron chi connectivity index (χ1n) is 52.2. The van der Waals surface area contributed by atoms with Crippen LogP contribution in [-0.4, -0.2) is 286 Å². The van der Waals surface area contributed by atoms with Gasteiger partial charge in [0.1, 0.15) is 96.1 Å². The Hall–Kier alpha value is -13.2. The van der Waals surface area contributed by atoms with Crippen LogP contribution in [0.3, 0.4) is 0 Å². The van der Waals surface area contributed by atoms with Gasteiger partial charge in [-0.25, -0.2) is 4.79 Å². The van der Waals surface area contributed by atoms with Gasteiger partial charge in [-0.3, -0.25) is 92.3 Å². The first-order valence-corrected chi connectivity index (χ1v) is 52.2. The number of carboxylic acids is 2. The van der Waals surface area contributed by atoms with Gasteiger partial charge in [-0.1, -0.05) is 162 Å². The zero-order valence-electron chi connectivity index (χ0n) is 87.5. The second-order valence-electron chi connectivity index (χ2n) is 38.1. The van der Waals surface area contributed by atoms with Crippen molar-refractivity contribution in [1.29, 1.82) is 10.8 Å². The van der Waals surface area contributed by atoms with Crippen LogP contribution in [0.1, 0.15) is 284 Å². The number of aliphatic hydroxyl groups excluding tert-OH is 2. The van der Waals surface area contributed by atoms with Gasteiger partial charge in [-0.05, 0) is 183 Å². The number of aliphatic carboxylic acids is 2. The summed E-state index contributed by atoms with van der Waals surface area (Å²) in [4.78, 5) is 253. The normalized spacial score (nSPS) is 14.4. The zero-order valence-corrected chi connectivity index (χ0v) is 87.5. The van der Waals surface area contributed by atoms with Gasteiger partial charge >= 0.3 is 11.9 Å². The van der Waals surface area contributed by atoms with Crippen LogP contribution < -0.4 is 125 Å². The van der Waals surface area contributed by atoms with Crippen molar-refractivity contribution in [2.45, 2.75) is 377 Å². The van der Waals surface area contributed by atoms with Gasteiger partial charge in [0.25, 0.3) is 0 Å². The zero-order chi connectivity index (χ0) is 111. The monoisotopic (exact) mass is 2110 g/mol. The highest BCUT2D eigenvalue weighted by atomic mass is 16.4. The average molecular weight is 2110 g/mol. The van der Waals surface area contributed by atoms with Crippen LogP contribution in [0.4, 0.5) is 0 Å². The largest absolute Gasteiger partial charge is 0.508 e. The number of hydrogen-bond donors (Lipinski definition) is 31. The maximum atomic E-state index is 14.9. The Bertz CT molecular complexity index is 4500. The molecule has 0 saturated carbocycles. The van der Waals surface area contributed by atoms with E-state index in [4.69, 9.17) is 45.2 Å². The minimum Gasteiger partial charge on any atom is -0.508 e. The first-order chi connectivity index (χ1) is 70.8. The summed E-state index contributed by atoms with van der Waals surface area (Å²) >= 11 is 0. The van der Waals surface area contributed by atoms with Gasteiger partial charge in [0.2, 0.25) is 94.5 Å². The maximum Gasteiger partial charge on any atom is 0.326 e. The number of aromatic hydroxyl groups is 2. The minimum atomic E-state index is -2.11. The molecule has 49 nitrogen and oxygen atoms in total. The fourth-order valence-electron chi connectivity index (χ4n) is 15.9. The molecule has 0 bridgehead atoms. The summed E-state index contributed by atoms with van der Waals surface area (Å²) in [6.07, 6.45) is 11.2. The van der Waals surface area contributed by atoms with Crippen molar-refractivity contribution in [3.05, 3.63) is 59.7 Å². The number of unbranched alkanes of at least 4 members (excludes halogenated alkanes) is 16. The van der Waals surface area contributed by atoms with Crippen LogP contribution in [0.2, 0.25) is 0 Å². The Balaban J connectivity index is 2.55. The van der Waals surface area contributed by atoms with E-state index in [0.717, 1.165) is 32.6 Å². The smallest absolute Gasteiger partial charge is 0.326 e. The molecule has 49 heteroatoms. The third-order valence-corrected chi connectivity index (χ3v) is 24.8. The van der Waals surface area contributed by atoms with Crippen molar-refractivity contribution < 1.29 is 117 Å². The van der Waals surface area contributed by atoms with Crippen LogP contribution in [0.15, 0.2) is 48.5 Å². The van der Waals surface area contributed by atoms with Gasteiger partial charge in [0.15, 0.2) is 11.9 Å². The van der Waals surface area contributed by atoms with Gasteiger partial charge in [0.05, 0.1) is 25.7 Å². The second-order valence-corrected chi connectivity index (χ2v) is 38.1. The molecule has 0 aromatic heterocycles. The Morgan fingerprint density at radius 3 is 1.00 bits per heavy atom. The van der Waals surface area contributed by atoms with Crippen LogP contribution in [0.25, 0.3) is 0 Å². The molecular formula is C100H171N25O24. The average Bonchev–Trinajstić information content (AvgIpc) is 0.850. The molecule has 0 aliphatic heterocycles. The third kappa shape index (κ3) is 56.7. The molecule has 0 unspecified atom stereocenters. The molecule has 149 heavy (non-hydrogen) atoms. The molecule has 2 aromatic carbocycles.